The molecule has 0 unspecified atom stereocenters. The van der Waals surface area contributed by atoms with Gasteiger partial charge in [0.15, 0.2) is 40.6 Å². The van der Waals surface area contributed by atoms with Crippen molar-refractivity contribution in [1.29, 1.82) is 0 Å². The number of benzene rings is 3. The minimum atomic E-state index is -0.884. The van der Waals surface area contributed by atoms with E-state index in [-0.39, 0.29) is 34.0 Å². The van der Waals surface area contributed by atoms with Crippen LogP contribution in [0.5, 0.6) is 28.7 Å². The minimum absolute atomic E-state index is 0.0431. The molecular weight excluding hydrogens is 428 g/mol. The monoisotopic (exact) mass is 448 g/mol. The van der Waals surface area contributed by atoms with E-state index in [1.807, 2.05) is 30.3 Å². The van der Waals surface area contributed by atoms with E-state index in [4.69, 9.17) is 18.6 Å². The van der Waals surface area contributed by atoms with Gasteiger partial charge in [0.25, 0.3) is 0 Å². The highest BCUT2D eigenvalue weighted by Gasteiger charge is 2.36. The van der Waals surface area contributed by atoms with Gasteiger partial charge in [-0.2, -0.15) is 0 Å². The molecule has 1 aliphatic rings. The number of aliphatic hydroxyl groups excluding tert-OH is 1. The predicted molar refractivity (Wildman–Crippen MR) is 119 cm³/mol. The highest BCUT2D eigenvalue weighted by Crippen LogP contribution is 2.48. The maximum absolute atomic E-state index is 12.8. The van der Waals surface area contributed by atoms with Crippen LogP contribution >= 0.6 is 0 Å². The molecule has 1 aliphatic heterocycles. The summed E-state index contributed by atoms with van der Waals surface area (Å²) >= 11 is 0. The van der Waals surface area contributed by atoms with Crippen molar-refractivity contribution in [3.05, 3.63) is 76.5 Å². The first-order valence-corrected chi connectivity index (χ1v) is 10.2. The largest absolute Gasteiger partial charge is 0.504 e. The third-order valence-corrected chi connectivity index (χ3v) is 5.54. The van der Waals surface area contributed by atoms with Crippen LogP contribution in [0.25, 0.3) is 22.3 Å². The number of hydrogen-bond donors (Lipinski definition) is 3. The fraction of sp³-hybridized carbons (Fsp3) is 0.160. The van der Waals surface area contributed by atoms with E-state index in [1.54, 1.807) is 12.1 Å². The predicted octanol–water partition coefficient (Wildman–Crippen LogP) is 3.75. The molecule has 0 saturated heterocycles. The van der Waals surface area contributed by atoms with E-state index in [0.29, 0.717) is 16.9 Å². The van der Waals surface area contributed by atoms with E-state index in [9.17, 15) is 20.1 Å². The van der Waals surface area contributed by atoms with Gasteiger partial charge < -0.3 is 33.9 Å². The number of phenolic OH excluding ortho intramolecular Hbond substituents is 2. The Kier molecular flexibility index (Phi) is 5.07. The zero-order valence-electron chi connectivity index (χ0n) is 17.5. The molecule has 2 heterocycles. The zero-order chi connectivity index (χ0) is 23.1. The average molecular weight is 448 g/mol. The number of methoxy groups -OCH3 is 1. The molecule has 0 spiro atoms. The molecule has 0 amide bonds. The number of aliphatic hydroxyl groups is 1. The summed E-state index contributed by atoms with van der Waals surface area (Å²) in [4.78, 5) is 12.8. The number of aromatic hydroxyl groups is 2. The van der Waals surface area contributed by atoms with E-state index < -0.39 is 30.0 Å². The van der Waals surface area contributed by atoms with Crippen molar-refractivity contribution in [3.63, 3.8) is 0 Å². The van der Waals surface area contributed by atoms with Crippen molar-refractivity contribution < 1.29 is 33.9 Å². The molecule has 3 N–H and O–H groups in total. The van der Waals surface area contributed by atoms with Crippen LogP contribution in [0, 0.1) is 0 Å². The van der Waals surface area contributed by atoms with Gasteiger partial charge in [-0.05, 0) is 12.1 Å². The summed E-state index contributed by atoms with van der Waals surface area (Å²) < 4.78 is 23.0. The SMILES string of the molecule is COc1cc([C@H]2Oc3cc4oc(-c5ccccc5)cc(=O)c4c(O)c3O[C@@H]2CO)ccc1O. The maximum atomic E-state index is 12.8. The standard InChI is InChI=1S/C25H20O8/c1-30-18-9-14(7-8-15(18)27)24-21(12-26)33-25-20(32-24)11-19-22(23(25)29)16(28)10-17(31-19)13-5-3-2-4-6-13/h2-11,21,24,26-27,29H,12H2,1H3/t21-,24-/m1/s1. The molecule has 33 heavy (non-hydrogen) atoms. The summed E-state index contributed by atoms with van der Waals surface area (Å²) in [5.74, 6) is 0.211. The van der Waals surface area contributed by atoms with Crippen LogP contribution in [-0.4, -0.2) is 35.1 Å². The van der Waals surface area contributed by atoms with Crippen LogP contribution in [0.1, 0.15) is 11.7 Å². The molecular formula is C25H20O8. The Morgan fingerprint density at radius 1 is 1.00 bits per heavy atom. The fourth-order valence-electron chi connectivity index (χ4n) is 3.92. The van der Waals surface area contributed by atoms with Crippen molar-refractivity contribution in [1.82, 2.24) is 0 Å². The Morgan fingerprint density at radius 2 is 1.79 bits per heavy atom. The summed E-state index contributed by atoms with van der Waals surface area (Å²) in [5, 5.41) is 30.6. The van der Waals surface area contributed by atoms with Gasteiger partial charge >= 0.3 is 0 Å². The van der Waals surface area contributed by atoms with Gasteiger partial charge in [0.05, 0.1) is 13.7 Å². The highest BCUT2D eigenvalue weighted by molar-refractivity contribution is 5.89. The number of ether oxygens (including phenoxy) is 3. The molecule has 2 atom stereocenters. The van der Waals surface area contributed by atoms with Crippen molar-refractivity contribution in [2.24, 2.45) is 0 Å². The molecule has 0 fully saturated rings. The normalized spacial score (nSPS) is 17.2. The number of rotatable bonds is 4. The summed E-state index contributed by atoms with van der Waals surface area (Å²) in [6, 6.07) is 16.6. The van der Waals surface area contributed by atoms with Crippen molar-refractivity contribution in [2.45, 2.75) is 12.2 Å². The minimum Gasteiger partial charge on any atom is -0.504 e. The molecule has 168 valence electrons. The zero-order valence-corrected chi connectivity index (χ0v) is 17.5. The lowest BCUT2D eigenvalue weighted by Gasteiger charge is -2.33. The smallest absolute Gasteiger partial charge is 0.204 e. The highest BCUT2D eigenvalue weighted by atomic mass is 16.6. The molecule has 0 aliphatic carbocycles. The lowest BCUT2D eigenvalue weighted by molar-refractivity contribution is -0.0139. The van der Waals surface area contributed by atoms with Crippen LogP contribution in [0.2, 0.25) is 0 Å². The number of fused-ring (bicyclic) bond motifs is 2. The second-order valence-corrected chi connectivity index (χ2v) is 7.58. The first-order valence-electron chi connectivity index (χ1n) is 10.2. The Bertz CT molecular complexity index is 1390. The third kappa shape index (κ3) is 3.50. The van der Waals surface area contributed by atoms with Crippen LogP contribution < -0.4 is 19.6 Å². The van der Waals surface area contributed by atoms with E-state index >= 15 is 0 Å². The van der Waals surface area contributed by atoms with Gasteiger partial charge in [-0.25, -0.2) is 0 Å². The molecule has 8 heteroatoms. The van der Waals surface area contributed by atoms with Crippen molar-refractivity contribution in [2.75, 3.05) is 13.7 Å². The topological polar surface area (TPSA) is 119 Å². The van der Waals surface area contributed by atoms with Gasteiger partial charge in [-0.15, -0.1) is 0 Å². The second kappa shape index (κ2) is 8.07. The summed E-state index contributed by atoms with van der Waals surface area (Å²) in [6.07, 6.45) is -1.66. The van der Waals surface area contributed by atoms with Gasteiger partial charge in [-0.1, -0.05) is 36.4 Å². The molecule has 3 aromatic carbocycles. The Morgan fingerprint density at radius 3 is 2.52 bits per heavy atom. The third-order valence-electron chi connectivity index (χ3n) is 5.54. The van der Waals surface area contributed by atoms with Crippen molar-refractivity contribution >= 4 is 11.0 Å². The van der Waals surface area contributed by atoms with E-state index in [1.165, 1.54) is 25.3 Å². The lowest BCUT2D eigenvalue weighted by Crippen LogP contribution is -2.36. The molecule has 0 radical (unpaired) electrons. The van der Waals surface area contributed by atoms with Crippen LogP contribution in [0.3, 0.4) is 0 Å². The van der Waals surface area contributed by atoms with Gasteiger partial charge in [-0.3, -0.25) is 4.79 Å². The van der Waals surface area contributed by atoms with Crippen LogP contribution in [0.4, 0.5) is 0 Å². The fourth-order valence-corrected chi connectivity index (χ4v) is 3.92. The molecule has 0 bridgehead atoms. The Labute approximate surface area is 187 Å². The van der Waals surface area contributed by atoms with Crippen LogP contribution in [-0.2, 0) is 0 Å². The molecule has 5 rings (SSSR count). The molecule has 0 saturated carbocycles. The summed E-state index contributed by atoms with van der Waals surface area (Å²) in [7, 11) is 1.42. The van der Waals surface area contributed by atoms with Crippen LogP contribution in [0.15, 0.2) is 69.9 Å². The van der Waals surface area contributed by atoms with Crippen molar-refractivity contribution in [3.8, 4) is 40.1 Å². The molecule has 1 aromatic heterocycles. The Balaban J connectivity index is 1.63. The van der Waals surface area contributed by atoms with E-state index in [0.717, 1.165) is 0 Å². The van der Waals surface area contributed by atoms with Gasteiger partial charge in [0.2, 0.25) is 5.75 Å². The first kappa shape index (κ1) is 20.7. The first-order chi connectivity index (χ1) is 16.0. The maximum Gasteiger partial charge on any atom is 0.204 e. The quantitative estimate of drug-likeness (QED) is 0.432. The van der Waals surface area contributed by atoms with E-state index in [2.05, 4.69) is 0 Å². The number of hydrogen-bond acceptors (Lipinski definition) is 8. The van der Waals surface area contributed by atoms with Gasteiger partial charge in [0.1, 0.15) is 16.7 Å². The summed E-state index contributed by atoms with van der Waals surface area (Å²) in [5.41, 5.74) is 0.976. The Hall–Kier alpha value is -4.17. The molecule has 8 nitrogen and oxygen atoms in total. The second-order valence-electron chi connectivity index (χ2n) is 7.58. The number of phenols is 2. The average Bonchev–Trinajstić information content (AvgIpc) is 2.84. The van der Waals surface area contributed by atoms with Gasteiger partial charge in [0, 0.05) is 23.3 Å². The lowest BCUT2D eigenvalue weighted by atomic mass is 10.0. The summed E-state index contributed by atoms with van der Waals surface area (Å²) in [6.45, 7) is -0.424. The molecule has 4 aromatic rings.